The lowest BCUT2D eigenvalue weighted by molar-refractivity contribution is 0.414. The van der Waals surface area contributed by atoms with E-state index in [2.05, 4.69) is 10.1 Å². The van der Waals surface area contributed by atoms with Crippen LogP contribution in [-0.2, 0) is 7.05 Å². The van der Waals surface area contributed by atoms with Gasteiger partial charge in [0.25, 0.3) is 0 Å². The van der Waals surface area contributed by atoms with E-state index < -0.39 is 0 Å². The molecule has 0 atom stereocenters. The maximum Gasteiger partial charge on any atom is 0.232 e. The first-order valence-electron chi connectivity index (χ1n) is 5.06. The van der Waals surface area contributed by atoms with Gasteiger partial charge in [-0.3, -0.25) is 5.41 Å². The van der Waals surface area contributed by atoms with Crippen LogP contribution in [0.2, 0.25) is 0 Å². The quantitative estimate of drug-likeness (QED) is 0.613. The summed E-state index contributed by atoms with van der Waals surface area (Å²) >= 11 is 0. The van der Waals surface area contributed by atoms with Gasteiger partial charge in [0, 0.05) is 19.3 Å². The predicted molar refractivity (Wildman–Crippen MR) is 63.3 cm³/mol. The molecule has 0 saturated heterocycles. The highest BCUT2D eigenvalue weighted by Crippen LogP contribution is 2.22. The lowest BCUT2D eigenvalue weighted by Gasteiger charge is -2.07. The van der Waals surface area contributed by atoms with Gasteiger partial charge in [-0.1, -0.05) is 0 Å². The van der Waals surface area contributed by atoms with Crippen LogP contribution < -0.4 is 10.5 Å². The maximum atomic E-state index is 7.44. The average Bonchev–Trinajstić information content (AvgIpc) is 2.58. The Bertz CT molecular complexity index is 561. The number of rotatable bonds is 3. The van der Waals surface area contributed by atoms with Gasteiger partial charge in [0.2, 0.25) is 11.8 Å². The zero-order chi connectivity index (χ0) is 12.4. The number of nitrogens with one attached hydrogen (secondary N) is 1. The number of amidine groups is 1. The first kappa shape index (κ1) is 11.1. The Morgan fingerprint density at radius 2 is 2.29 bits per heavy atom. The molecule has 2 heterocycles. The van der Waals surface area contributed by atoms with E-state index in [0.717, 1.165) is 5.69 Å². The van der Waals surface area contributed by atoms with Gasteiger partial charge in [-0.05, 0) is 19.1 Å². The molecule has 0 bridgehead atoms. The first-order chi connectivity index (χ1) is 8.08. The van der Waals surface area contributed by atoms with Gasteiger partial charge in [0.05, 0.1) is 11.3 Å². The minimum Gasteiger partial charge on any atom is -0.420 e. The van der Waals surface area contributed by atoms with Crippen molar-refractivity contribution >= 4 is 5.84 Å². The summed E-state index contributed by atoms with van der Waals surface area (Å²) in [5, 5.41) is 11.6. The third-order valence-corrected chi connectivity index (χ3v) is 2.22. The molecule has 88 valence electrons. The standard InChI is InChI=1S/C11H13N5O/c1-7-6-9(16(2)15-7)17-11-8(10(12)13)4-3-5-14-11/h3-6H,1-2H3,(H3,12,13). The van der Waals surface area contributed by atoms with E-state index in [1.54, 1.807) is 36.1 Å². The lowest BCUT2D eigenvalue weighted by Crippen LogP contribution is -2.13. The first-order valence-corrected chi connectivity index (χ1v) is 5.06. The minimum atomic E-state index is -0.0769. The van der Waals surface area contributed by atoms with Crippen LogP contribution in [0.5, 0.6) is 11.8 Å². The fourth-order valence-electron chi connectivity index (χ4n) is 1.46. The highest BCUT2D eigenvalue weighted by molar-refractivity contribution is 5.97. The van der Waals surface area contributed by atoms with Crippen LogP contribution in [0.15, 0.2) is 24.4 Å². The Labute approximate surface area is 98.5 Å². The van der Waals surface area contributed by atoms with Crippen molar-refractivity contribution in [2.75, 3.05) is 0 Å². The van der Waals surface area contributed by atoms with Crippen molar-refractivity contribution in [3.05, 3.63) is 35.7 Å². The summed E-state index contributed by atoms with van der Waals surface area (Å²) in [7, 11) is 1.78. The Kier molecular flexibility index (Phi) is 2.78. The van der Waals surface area contributed by atoms with Crippen LogP contribution in [-0.4, -0.2) is 20.6 Å². The summed E-state index contributed by atoms with van der Waals surface area (Å²) in [6, 6.07) is 5.19. The number of nitrogen functional groups attached to an aromatic ring is 1. The highest BCUT2D eigenvalue weighted by Gasteiger charge is 2.11. The lowest BCUT2D eigenvalue weighted by atomic mass is 10.2. The Balaban J connectivity index is 2.36. The molecular weight excluding hydrogens is 218 g/mol. The van der Waals surface area contributed by atoms with E-state index in [4.69, 9.17) is 15.9 Å². The fraction of sp³-hybridized carbons (Fsp3) is 0.182. The smallest absolute Gasteiger partial charge is 0.232 e. The van der Waals surface area contributed by atoms with E-state index in [-0.39, 0.29) is 5.84 Å². The highest BCUT2D eigenvalue weighted by atomic mass is 16.5. The molecule has 2 aromatic rings. The molecule has 0 unspecified atom stereocenters. The number of pyridine rings is 1. The molecule has 3 N–H and O–H groups in total. The van der Waals surface area contributed by atoms with E-state index in [9.17, 15) is 0 Å². The second-order valence-corrected chi connectivity index (χ2v) is 3.62. The van der Waals surface area contributed by atoms with Crippen molar-refractivity contribution in [3.63, 3.8) is 0 Å². The van der Waals surface area contributed by atoms with Crippen LogP contribution in [0.4, 0.5) is 0 Å². The van der Waals surface area contributed by atoms with Crippen LogP contribution in [0.1, 0.15) is 11.3 Å². The zero-order valence-electron chi connectivity index (χ0n) is 9.64. The van der Waals surface area contributed by atoms with Crippen molar-refractivity contribution in [1.82, 2.24) is 14.8 Å². The van der Waals surface area contributed by atoms with Gasteiger partial charge in [0.1, 0.15) is 5.84 Å². The topological polar surface area (TPSA) is 89.8 Å². The molecule has 17 heavy (non-hydrogen) atoms. The molecule has 0 aromatic carbocycles. The zero-order valence-corrected chi connectivity index (χ0v) is 9.64. The van der Waals surface area contributed by atoms with E-state index in [1.165, 1.54) is 0 Å². The van der Waals surface area contributed by atoms with Crippen molar-refractivity contribution < 1.29 is 4.74 Å². The van der Waals surface area contributed by atoms with Crippen LogP contribution in [0.25, 0.3) is 0 Å². The number of nitrogens with zero attached hydrogens (tertiary/aromatic N) is 3. The molecule has 6 nitrogen and oxygen atoms in total. The van der Waals surface area contributed by atoms with Crippen LogP contribution >= 0.6 is 0 Å². The second kappa shape index (κ2) is 4.25. The second-order valence-electron chi connectivity index (χ2n) is 3.62. The predicted octanol–water partition coefficient (Wildman–Crippen LogP) is 1.20. The maximum absolute atomic E-state index is 7.44. The summed E-state index contributed by atoms with van der Waals surface area (Å²) in [6.45, 7) is 1.87. The number of aryl methyl sites for hydroxylation is 2. The Hall–Kier alpha value is -2.37. The van der Waals surface area contributed by atoms with Gasteiger partial charge >= 0.3 is 0 Å². The number of aromatic nitrogens is 3. The molecule has 0 aliphatic rings. The SMILES string of the molecule is Cc1cc(Oc2ncccc2C(=N)N)n(C)n1. The van der Waals surface area contributed by atoms with Crippen LogP contribution in [0.3, 0.4) is 0 Å². The summed E-state index contributed by atoms with van der Waals surface area (Å²) in [6.07, 6.45) is 1.59. The molecule has 6 heteroatoms. The molecule has 0 fully saturated rings. The van der Waals surface area contributed by atoms with Crippen molar-refractivity contribution in [2.24, 2.45) is 12.8 Å². The molecule has 2 aromatic heterocycles. The van der Waals surface area contributed by atoms with Crippen molar-refractivity contribution in [2.45, 2.75) is 6.92 Å². The van der Waals surface area contributed by atoms with E-state index in [0.29, 0.717) is 17.3 Å². The van der Waals surface area contributed by atoms with Crippen molar-refractivity contribution in [1.29, 1.82) is 5.41 Å². The normalized spacial score (nSPS) is 10.2. The van der Waals surface area contributed by atoms with E-state index >= 15 is 0 Å². The summed E-state index contributed by atoms with van der Waals surface area (Å²) in [5.74, 6) is 0.790. The monoisotopic (exact) mass is 231 g/mol. The number of nitrogens with two attached hydrogens (primary N) is 1. The average molecular weight is 231 g/mol. The molecule has 0 radical (unpaired) electrons. The molecular formula is C11H13N5O. The fourth-order valence-corrected chi connectivity index (χ4v) is 1.46. The molecule has 0 aliphatic heterocycles. The third-order valence-electron chi connectivity index (χ3n) is 2.22. The largest absolute Gasteiger partial charge is 0.420 e. The number of hydrogen-bond acceptors (Lipinski definition) is 4. The van der Waals surface area contributed by atoms with Crippen molar-refractivity contribution in [3.8, 4) is 11.8 Å². The van der Waals surface area contributed by atoms with Gasteiger partial charge < -0.3 is 10.5 Å². The van der Waals surface area contributed by atoms with Gasteiger partial charge in [-0.25, -0.2) is 9.67 Å². The molecule has 0 spiro atoms. The van der Waals surface area contributed by atoms with Gasteiger partial charge in [-0.2, -0.15) is 5.10 Å². The Morgan fingerprint density at radius 3 is 2.88 bits per heavy atom. The van der Waals surface area contributed by atoms with Crippen LogP contribution in [0, 0.1) is 12.3 Å². The summed E-state index contributed by atoms with van der Waals surface area (Å²) in [5.41, 5.74) is 6.77. The molecule has 0 amide bonds. The number of hydrogen-bond donors (Lipinski definition) is 2. The van der Waals surface area contributed by atoms with Gasteiger partial charge in [-0.15, -0.1) is 0 Å². The minimum absolute atomic E-state index is 0.0769. The van der Waals surface area contributed by atoms with E-state index in [1.807, 2.05) is 6.92 Å². The molecule has 0 aliphatic carbocycles. The molecule has 2 rings (SSSR count). The Morgan fingerprint density at radius 1 is 1.53 bits per heavy atom. The molecule has 0 saturated carbocycles. The van der Waals surface area contributed by atoms with Gasteiger partial charge in [0.15, 0.2) is 0 Å². The third kappa shape index (κ3) is 2.25. The summed E-state index contributed by atoms with van der Waals surface area (Å²) in [4.78, 5) is 4.06. The number of ether oxygens (including phenoxy) is 1. The summed E-state index contributed by atoms with van der Waals surface area (Å²) < 4.78 is 7.20.